The van der Waals surface area contributed by atoms with E-state index in [-0.39, 0.29) is 12.0 Å². The summed E-state index contributed by atoms with van der Waals surface area (Å²) in [6.45, 7) is 6.80. The average molecular weight is 223 g/mol. The summed E-state index contributed by atoms with van der Waals surface area (Å²) >= 11 is 0. The molecule has 0 saturated carbocycles. The molecule has 0 rings (SSSR count). The molecular formula is C8H21N3O2S. The van der Waals surface area contributed by atoms with Crippen LogP contribution in [0.25, 0.3) is 0 Å². The Kier molecular flexibility index (Phi) is 6.26. The highest BCUT2D eigenvalue weighted by atomic mass is 32.2. The normalized spacial score (nSPS) is 14.6. The highest BCUT2D eigenvalue weighted by Gasteiger charge is 2.11. The van der Waals surface area contributed by atoms with Gasteiger partial charge in [0.25, 0.3) is 10.2 Å². The zero-order chi connectivity index (χ0) is 11.2. The third-order valence-electron chi connectivity index (χ3n) is 1.57. The summed E-state index contributed by atoms with van der Waals surface area (Å²) in [6, 6.07) is -0.0768. The number of hydrogen-bond donors (Lipinski definition) is 3. The minimum Gasteiger partial charge on any atom is -0.319 e. The Morgan fingerprint density at radius 2 is 1.71 bits per heavy atom. The van der Waals surface area contributed by atoms with Crippen LogP contribution < -0.4 is 14.8 Å². The van der Waals surface area contributed by atoms with Gasteiger partial charge < -0.3 is 5.32 Å². The molecule has 0 heterocycles. The molecule has 0 aliphatic carbocycles. The Balaban J connectivity index is 3.87. The quantitative estimate of drug-likeness (QED) is 0.554. The van der Waals surface area contributed by atoms with Crippen LogP contribution in [-0.4, -0.2) is 34.6 Å². The molecular weight excluding hydrogens is 202 g/mol. The zero-order valence-corrected chi connectivity index (χ0v) is 10.1. The van der Waals surface area contributed by atoms with E-state index in [1.54, 1.807) is 13.8 Å². The lowest BCUT2D eigenvalue weighted by atomic mass is 10.2. The molecule has 0 spiro atoms. The molecule has 0 aromatic heterocycles. The van der Waals surface area contributed by atoms with E-state index in [1.807, 2.05) is 14.0 Å². The molecule has 1 atom stereocenters. The lowest BCUT2D eigenvalue weighted by molar-refractivity contribution is 0.509. The molecule has 0 aromatic carbocycles. The average Bonchev–Trinajstić information content (AvgIpc) is 1.99. The van der Waals surface area contributed by atoms with E-state index in [4.69, 9.17) is 0 Å². The van der Waals surface area contributed by atoms with Gasteiger partial charge in [-0.2, -0.15) is 13.1 Å². The van der Waals surface area contributed by atoms with Crippen LogP contribution in [0.4, 0.5) is 0 Å². The van der Waals surface area contributed by atoms with Crippen LogP contribution in [-0.2, 0) is 10.2 Å². The summed E-state index contributed by atoms with van der Waals surface area (Å²) in [4.78, 5) is 0. The monoisotopic (exact) mass is 223 g/mol. The first-order valence-corrected chi connectivity index (χ1v) is 6.27. The van der Waals surface area contributed by atoms with E-state index in [0.29, 0.717) is 6.54 Å². The number of nitrogens with one attached hydrogen (secondary N) is 3. The van der Waals surface area contributed by atoms with Crippen molar-refractivity contribution in [2.75, 3.05) is 20.1 Å². The van der Waals surface area contributed by atoms with E-state index in [1.165, 1.54) is 0 Å². The summed E-state index contributed by atoms with van der Waals surface area (Å²) in [6.07, 6.45) is 0. The third kappa shape index (κ3) is 7.25. The molecule has 5 nitrogen and oxygen atoms in total. The highest BCUT2D eigenvalue weighted by molar-refractivity contribution is 7.87. The maximum atomic E-state index is 11.3. The highest BCUT2D eigenvalue weighted by Crippen LogP contribution is 1.91. The zero-order valence-electron chi connectivity index (χ0n) is 9.29. The Morgan fingerprint density at radius 3 is 2.14 bits per heavy atom. The van der Waals surface area contributed by atoms with Crippen molar-refractivity contribution in [2.45, 2.75) is 26.8 Å². The van der Waals surface area contributed by atoms with Crippen molar-refractivity contribution in [3.05, 3.63) is 0 Å². The first-order valence-electron chi connectivity index (χ1n) is 4.79. The molecule has 0 aliphatic heterocycles. The largest absolute Gasteiger partial charge is 0.319 e. The Hall–Kier alpha value is -0.170. The second kappa shape index (κ2) is 6.34. The van der Waals surface area contributed by atoms with Gasteiger partial charge in [-0.3, -0.25) is 0 Å². The number of rotatable bonds is 7. The Labute approximate surface area is 86.8 Å². The van der Waals surface area contributed by atoms with Gasteiger partial charge in [-0.05, 0) is 33.4 Å². The molecule has 0 aromatic rings. The lowest BCUT2D eigenvalue weighted by Crippen LogP contribution is -2.42. The number of hydrogen-bond acceptors (Lipinski definition) is 3. The third-order valence-corrected chi connectivity index (χ3v) is 2.89. The molecule has 14 heavy (non-hydrogen) atoms. The summed E-state index contributed by atoms with van der Waals surface area (Å²) in [7, 11) is -1.48. The smallest absolute Gasteiger partial charge is 0.277 e. The van der Waals surface area contributed by atoms with Crippen molar-refractivity contribution in [1.29, 1.82) is 0 Å². The first kappa shape index (κ1) is 13.8. The molecule has 1 unspecified atom stereocenters. The van der Waals surface area contributed by atoms with Crippen molar-refractivity contribution in [2.24, 2.45) is 5.92 Å². The molecule has 0 fully saturated rings. The fourth-order valence-corrected chi connectivity index (χ4v) is 2.23. The van der Waals surface area contributed by atoms with Gasteiger partial charge in [0.1, 0.15) is 0 Å². The van der Waals surface area contributed by atoms with Gasteiger partial charge in [0.2, 0.25) is 0 Å². The summed E-state index contributed by atoms with van der Waals surface area (Å²) < 4.78 is 27.6. The lowest BCUT2D eigenvalue weighted by Gasteiger charge is -2.14. The predicted octanol–water partition coefficient (Wildman–Crippen LogP) is -0.326. The molecule has 0 saturated heterocycles. The van der Waals surface area contributed by atoms with Gasteiger partial charge in [-0.1, -0.05) is 6.92 Å². The summed E-state index contributed by atoms with van der Waals surface area (Å²) in [5.41, 5.74) is 0. The van der Waals surface area contributed by atoms with Crippen molar-refractivity contribution >= 4 is 10.2 Å². The van der Waals surface area contributed by atoms with Gasteiger partial charge in [0, 0.05) is 12.6 Å². The van der Waals surface area contributed by atoms with Gasteiger partial charge >= 0.3 is 0 Å². The van der Waals surface area contributed by atoms with E-state index >= 15 is 0 Å². The molecule has 0 radical (unpaired) electrons. The fraction of sp³-hybridized carbons (Fsp3) is 1.00. The van der Waals surface area contributed by atoms with Crippen LogP contribution in [0.15, 0.2) is 0 Å². The van der Waals surface area contributed by atoms with E-state index in [9.17, 15) is 8.42 Å². The molecule has 0 bridgehead atoms. The second-order valence-electron chi connectivity index (χ2n) is 3.79. The topological polar surface area (TPSA) is 70.2 Å². The van der Waals surface area contributed by atoms with Crippen LogP contribution in [0.3, 0.4) is 0 Å². The van der Waals surface area contributed by atoms with Gasteiger partial charge in [-0.15, -0.1) is 0 Å². The molecule has 0 aliphatic rings. The van der Waals surface area contributed by atoms with Crippen LogP contribution in [0.2, 0.25) is 0 Å². The summed E-state index contributed by atoms with van der Waals surface area (Å²) in [5, 5.41) is 2.99. The van der Waals surface area contributed by atoms with Crippen molar-refractivity contribution in [3.63, 3.8) is 0 Å². The predicted molar refractivity (Wildman–Crippen MR) is 58.3 cm³/mol. The molecule has 3 N–H and O–H groups in total. The summed E-state index contributed by atoms with van der Waals surface area (Å²) in [5.74, 6) is 0.281. The minimum absolute atomic E-state index is 0.0768. The Bertz CT molecular complexity index is 239. The van der Waals surface area contributed by atoms with E-state index in [0.717, 1.165) is 6.54 Å². The van der Waals surface area contributed by atoms with E-state index in [2.05, 4.69) is 14.8 Å². The van der Waals surface area contributed by atoms with Crippen LogP contribution >= 0.6 is 0 Å². The fourth-order valence-electron chi connectivity index (χ4n) is 1.02. The van der Waals surface area contributed by atoms with Gasteiger partial charge in [0.05, 0.1) is 0 Å². The SMILES string of the molecule is CNCC(C)CNS(=O)(=O)NC(C)C. The van der Waals surface area contributed by atoms with Gasteiger partial charge in [-0.25, -0.2) is 4.72 Å². The van der Waals surface area contributed by atoms with Crippen LogP contribution in [0, 0.1) is 5.92 Å². The van der Waals surface area contributed by atoms with Crippen molar-refractivity contribution < 1.29 is 8.42 Å². The van der Waals surface area contributed by atoms with Crippen molar-refractivity contribution in [3.8, 4) is 0 Å². The maximum Gasteiger partial charge on any atom is 0.277 e. The van der Waals surface area contributed by atoms with Crippen LogP contribution in [0.1, 0.15) is 20.8 Å². The maximum absolute atomic E-state index is 11.3. The minimum atomic E-state index is -3.32. The van der Waals surface area contributed by atoms with Gasteiger partial charge in [0.15, 0.2) is 0 Å². The molecule has 86 valence electrons. The molecule has 0 amide bonds. The second-order valence-corrected chi connectivity index (χ2v) is 5.32. The van der Waals surface area contributed by atoms with E-state index < -0.39 is 10.2 Å². The molecule has 6 heteroatoms. The van der Waals surface area contributed by atoms with Crippen LogP contribution in [0.5, 0.6) is 0 Å². The first-order chi connectivity index (χ1) is 6.37. The Morgan fingerprint density at radius 1 is 1.14 bits per heavy atom. The van der Waals surface area contributed by atoms with Crippen molar-refractivity contribution in [1.82, 2.24) is 14.8 Å². The standard InChI is InChI=1S/C8H21N3O2S/c1-7(2)11-14(12,13)10-6-8(3)5-9-4/h7-11H,5-6H2,1-4H3.